The van der Waals surface area contributed by atoms with Crippen molar-refractivity contribution >= 4 is 11.8 Å². The Bertz CT molecular complexity index is 541. The number of nitrogens with two attached hydrogens (primary N) is 1. The summed E-state index contributed by atoms with van der Waals surface area (Å²) in [6.45, 7) is 0. The van der Waals surface area contributed by atoms with Gasteiger partial charge in [0, 0.05) is 22.6 Å². The molecule has 0 radical (unpaired) electrons. The lowest BCUT2D eigenvalue weighted by Gasteiger charge is -2.23. The van der Waals surface area contributed by atoms with E-state index < -0.39 is 0 Å². The Kier molecular flexibility index (Phi) is 3.87. The molecule has 2 nitrogen and oxygen atoms in total. The van der Waals surface area contributed by atoms with E-state index in [0.717, 1.165) is 12.2 Å². The largest absolute Gasteiger partial charge is 0.271 e. The van der Waals surface area contributed by atoms with Crippen LogP contribution >= 0.6 is 11.8 Å². The van der Waals surface area contributed by atoms with Gasteiger partial charge in [0.15, 0.2) is 0 Å². The van der Waals surface area contributed by atoms with Gasteiger partial charge in [-0.1, -0.05) is 48.5 Å². The van der Waals surface area contributed by atoms with Crippen LogP contribution in [-0.4, -0.2) is 11.8 Å². The van der Waals surface area contributed by atoms with Crippen LogP contribution in [0, 0.1) is 0 Å². The zero-order chi connectivity index (χ0) is 13.1. The summed E-state index contributed by atoms with van der Waals surface area (Å²) in [7, 11) is 0. The molecule has 98 valence electrons. The number of hydrogen-bond acceptors (Lipinski definition) is 3. The maximum atomic E-state index is 5.80. The minimum Gasteiger partial charge on any atom is -0.271 e. The molecule has 0 fully saturated rings. The van der Waals surface area contributed by atoms with Gasteiger partial charge in [0.25, 0.3) is 0 Å². The van der Waals surface area contributed by atoms with Crippen molar-refractivity contribution in [3.05, 3.63) is 65.7 Å². The summed E-state index contributed by atoms with van der Waals surface area (Å²) in [5.74, 6) is 7.40. The third-order valence-electron chi connectivity index (χ3n) is 3.74. The first-order valence-corrected chi connectivity index (χ1v) is 7.59. The molecule has 2 aromatic carbocycles. The molecule has 0 bridgehead atoms. The molecule has 2 aromatic rings. The first-order valence-electron chi connectivity index (χ1n) is 6.60. The molecule has 0 saturated heterocycles. The molecular formula is C16H18N2S. The van der Waals surface area contributed by atoms with Gasteiger partial charge >= 0.3 is 0 Å². The molecule has 1 aliphatic heterocycles. The monoisotopic (exact) mass is 270 g/mol. The van der Waals surface area contributed by atoms with Gasteiger partial charge in [-0.25, -0.2) is 0 Å². The molecule has 3 N–H and O–H groups in total. The predicted octanol–water partition coefficient (Wildman–Crippen LogP) is 2.95. The lowest BCUT2D eigenvalue weighted by Crippen LogP contribution is -2.41. The van der Waals surface area contributed by atoms with Crippen LogP contribution in [0.15, 0.2) is 59.5 Å². The fourth-order valence-electron chi connectivity index (χ4n) is 2.71. The summed E-state index contributed by atoms with van der Waals surface area (Å²) in [6, 6.07) is 19.5. The van der Waals surface area contributed by atoms with Crippen molar-refractivity contribution in [1.82, 2.24) is 5.43 Å². The Morgan fingerprint density at radius 2 is 1.84 bits per heavy atom. The first kappa shape index (κ1) is 12.7. The van der Waals surface area contributed by atoms with E-state index in [1.165, 1.54) is 16.0 Å². The van der Waals surface area contributed by atoms with E-state index in [9.17, 15) is 0 Å². The number of rotatable bonds is 4. The zero-order valence-electron chi connectivity index (χ0n) is 10.8. The van der Waals surface area contributed by atoms with Crippen LogP contribution in [-0.2, 0) is 6.42 Å². The van der Waals surface area contributed by atoms with Gasteiger partial charge in [-0.2, -0.15) is 0 Å². The maximum absolute atomic E-state index is 5.80. The van der Waals surface area contributed by atoms with E-state index >= 15 is 0 Å². The Balaban J connectivity index is 1.81. The van der Waals surface area contributed by atoms with Gasteiger partial charge in [0.05, 0.1) is 0 Å². The lowest BCUT2D eigenvalue weighted by atomic mass is 9.89. The van der Waals surface area contributed by atoms with Crippen LogP contribution in [0.1, 0.15) is 17.0 Å². The van der Waals surface area contributed by atoms with Gasteiger partial charge in [0.2, 0.25) is 0 Å². The maximum Gasteiger partial charge on any atom is 0.0327 e. The van der Waals surface area contributed by atoms with Crippen molar-refractivity contribution in [2.75, 3.05) is 5.75 Å². The molecule has 19 heavy (non-hydrogen) atoms. The van der Waals surface area contributed by atoms with E-state index in [-0.39, 0.29) is 0 Å². The molecule has 0 spiro atoms. The van der Waals surface area contributed by atoms with E-state index in [0.29, 0.717) is 12.0 Å². The number of hydrazine groups is 1. The highest BCUT2D eigenvalue weighted by Crippen LogP contribution is 2.41. The quantitative estimate of drug-likeness (QED) is 0.662. The smallest absolute Gasteiger partial charge is 0.0327 e. The van der Waals surface area contributed by atoms with E-state index in [1.807, 2.05) is 11.8 Å². The molecule has 0 saturated carbocycles. The molecular weight excluding hydrogens is 252 g/mol. The van der Waals surface area contributed by atoms with E-state index in [4.69, 9.17) is 5.84 Å². The Hall–Kier alpha value is -1.29. The van der Waals surface area contributed by atoms with Gasteiger partial charge < -0.3 is 0 Å². The molecule has 0 aliphatic carbocycles. The Labute approximate surface area is 118 Å². The molecule has 0 amide bonds. The molecule has 1 heterocycles. The standard InChI is InChI=1S/C16H18N2S/c17-18-15(10-12-6-2-1-3-7-12)14-11-19-16-9-5-4-8-13(14)16/h1-9,14-15,18H,10-11,17H2. The lowest BCUT2D eigenvalue weighted by molar-refractivity contribution is 0.463. The number of benzene rings is 2. The Morgan fingerprint density at radius 1 is 1.11 bits per heavy atom. The van der Waals surface area contributed by atoms with Crippen LogP contribution in [0.25, 0.3) is 0 Å². The molecule has 2 atom stereocenters. The highest BCUT2D eigenvalue weighted by molar-refractivity contribution is 7.99. The second-order valence-corrected chi connectivity index (χ2v) is 5.98. The minimum atomic E-state index is 0.290. The highest BCUT2D eigenvalue weighted by Gasteiger charge is 2.29. The van der Waals surface area contributed by atoms with Gasteiger partial charge in [-0.3, -0.25) is 11.3 Å². The predicted molar refractivity (Wildman–Crippen MR) is 81.2 cm³/mol. The van der Waals surface area contributed by atoms with Crippen molar-refractivity contribution in [2.45, 2.75) is 23.3 Å². The highest BCUT2D eigenvalue weighted by atomic mass is 32.2. The SMILES string of the molecule is NNC(Cc1ccccc1)C1CSc2ccccc21. The summed E-state index contributed by atoms with van der Waals surface area (Å²) >= 11 is 1.93. The summed E-state index contributed by atoms with van der Waals surface area (Å²) in [5.41, 5.74) is 5.79. The van der Waals surface area contributed by atoms with E-state index in [1.54, 1.807) is 0 Å². The molecule has 3 heteroatoms. The number of nitrogens with one attached hydrogen (secondary N) is 1. The third kappa shape index (κ3) is 2.68. The van der Waals surface area contributed by atoms with Gasteiger partial charge in [-0.15, -0.1) is 11.8 Å². The fraction of sp³-hybridized carbons (Fsp3) is 0.250. The fourth-order valence-corrected chi connectivity index (χ4v) is 4.04. The van der Waals surface area contributed by atoms with Crippen molar-refractivity contribution in [1.29, 1.82) is 0 Å². The Morgan fingerprint density at radius 3 is 2.63 bits per heavy atom. The van der Waals surface area contributed by atoms with Crippen LogP contribution in [0.2, 0.25) is 0 Å². The van der Waals surface area contributed by atoms with Crippen LogP contribution in [0.3, 0.4) is 0 Å². The normalized spacial score (nSPS) is 19.1. The second kappa shape index (κ2) is 5.78. The van der Waals surface area contributed by atoms with E-state index in [2.05, 4.69) is 60.0 Å². The van der Waals surface area contributed by atoms with Crippen molar-refractivity contribution in [3.63, 3.8) is 0 Å². The molecule has 1 aliphatic rings. The minimum absolute atomic E-state index is 0.290. The third-order valence-corrected chi connectivity index (χ3v) is 4.94. The average Bonchev–Trinajstić information content (AvgIpc) is 2.90. The summed E-state index contributed by atoms with van der Waals surface area (Å²) < 4.78 is 0. The number of thioether (sulfide) groups is 1. The van der Waals surface area contributed by atoms with Gasteiger partial charge in [0.1, 0.15) is 0 Å². The van der Waals surface area contributed by atoms with Gasteiger partial charge in [-0.05, 0) is 23.6 Å². The number of fused-ring (bicyclic) bond motifs is 1. The average molecular weight is 270 g/mol. The second-order valence-electron chi connectivity index (χ2n) is 4.92. The van der Waals surface area contributed by atoms with Crippen LogP contribution in [0.4, 0.5) is 0 Å². The van der Waals surface area contributed by atoms with Crippen molar-refractivity contribution in [2.24, 2.45) is 5.84 Å². The van der Waals surface area contributed by atoms with Crippen molar-refractivity contribution in [3.8, 4) is 0 Å². The summed E-state index contributed by atoms with van der Waals surface area (Å²) in [6.07, 6.45) is 0.969. The molecule has 0 aromatic heterocycles. The topological polar surface area (TPSA) is 38.0 Å². The molecule has 2 unspecified atom stereocenters. The summed E-state index contributed by atoms with van der Waals surface area (Å²) in [4.78, 5) is 1.40. The molecule has 3 rings (SSSR count). The van der Waals surface area contributed by atoms with Crippen molar-refractivity contribution < 1.29 is 0 Å². The summed E-state index contributed by atoms with van der Waals surface area (Å²) in [5, 5.41) is 0. The van der Waals surface area contributed by atoms with Crippen LogP contribution in [0.5, 0.6) is 0 Å². The number of hydrogen-bond donors (Lipinski definition) is 2. The zero-order valence-corrected chi connectivity index (χ0v) is 11.6. The van der Waals surface area contributed by atoms with Crippen LogP contribution < -0.4 is 11.3 Å². The first-order chi connectivity index (χ1) is 9.38.